The maximum atomic E-state index is 11.9. The molecule has 102 valence electrons. The Labute approximate surface area is 117 Å². The molecular formula is C13H17N3O2S. The minimum atomic E-state index is -0.581. The smallest absolute Gasteiger partial charge is 0.251 e. The molecule has 4 N–H and O–H groups in total. The molecule has 0 heterocycles. The summed E-state index contributed by atoms with van der Waals surface area (Å²) in [5.41, 5.74) is 6.62. The second-order valence-corrected chi connectivity index (χ2v) is 4.47. The number of hydrogen-bond donors (Lipinski definition) is 3. The summed E-state index contributed by atoms with van der Waals surface area (Å²) in [6.45, 7) is 3.98. The molecule has 0 aliphatic rings. The van der Waals surface area contributed by atoms with Crippen molar-refractivity contribution in [2.45, 2.75) is 19.9 Å². The quantitative estimate of drug-likeness (QED) is 0.688. The third-order valence-electron chi connectivity index (χ3n) is 2.52. The molecule has 1 atom stereocenters. The molecule has 0 aliphatic heterocycles. The van der Waals surface area contributed by atoms with Gasteiger partial charge in [-0.15, -0.1) is 0 Å². The van der Waals surface area contributed by atoms with Gasteiger partial charge in [-0.2, -0.15) is 0 Å². The first-order valence-corrected chi connectivity index (χ1v) is 6.35. The van der Waals surface area contributed by atoms with E-state index in [9.17, 15) is 9.59 Å². The molecule has 1 aromatic rings. The fraction of sp³-hybridized carbons (Fsp3) is 0.308. The van der Waals surface area contributed by atoms with Gasteiger partial charge in [-0.25, -0.2) is 0 Å². The van der Waals surface area contributed by atoms with Crippen LogP contribution in [0, 0.1) is 0 Å². The molecule has 0 aliphatic carbocycles. The van der Waals surface area contributed by atoms with Crippen LogP contribution in [0.5, 0.6) is 0 Å². The standard InChI is InChI=1S/C13H17N3O2S/c1-3-15-12(17)8(2)16-13(18)10-6-4-9(5-7-10)11(14)19/h4-8H,3H2,1-2H3,(H2,14,19)(H,15,17)(H,16,18). The molecule has 0 radical (unpaired) electrons. The fourth-order valence-corrected chi connectivity index (χ4v) is 1.59. The lowest BCUT2D eigenvalue weighted by Crippen LogP contribution is -2.44. The summed E-state index contributed by atoms with van der Waals surface area (Å²) in [7, 11) is 0. The van der Waals surface area contributed by atoms with Crippen molar-refractivity contribution in [2.24, 2.45) is 5.73 Å². The largest absolute Gasteiger partial charge is 0.389 e. The third kappa shape index (κ3) is 4.33. The monoisotopic (exact) mass is 279 g/mol. The summed E-state index contributed by atoms with van der Waals surface area (Å²) in [6.07, 6.45) is 0. The van der Waals surface area contributed by atoms with Crippen LogP contribution in [0.3, 0.4) is 0 Å². The zero-order valence-corrected chi connectivity index (χ0v) is 11.7. The fourth-order valence-electron chi connectivity index (χ4n) is 1.46. The zero-order chi connectivity index (χ0) is 14.4. The molecule has 0 spiro atoms. The van der Waals surface area contributed by atoms with E-state index in [4.69, 9.17) is 18.0 Å². The molecule has 1 unspecified atom stereocenters. The molecule has 0 fully saturated rings. The Bertz CT molecular complexity index is 485. The lowest BCUT2D eigenvalue weighted by Gasteiger charge is -2.13. The first-order valence-electron chi connectivity index (χ1n) is 5.94. The minimum absolute atomic E-state index is 0.212. The summed E-state index contributed by atoms with van der Waals surface area (Å²) in [5, 5.41) is 5.25. The van der Waals surface area contributed by atoms with E-state index < -0.39 is 6.04 Å². The van der Waals surface area contributed by atoms with Crippen molar-refractivity contribution in [3.05, 3.63) is 35.4 Å². The number of nitrogens with two attached hydrogens (primary N) is 1. The van der Waals surface area contributed by atoms with E-state index in [1.807, 2.05) is 6.92 Å². The van der Waals surface area contributed by atoms with Gasteiger partial charge >= 0.3 is 0 Å². The summed E-state index contributed by atoms with van der Waals surface area (Å²) in [5.74, 6) is -0.524. The van der Waals surface area contributed by atoms with E-state index in [0.717, 1.165) is 0 Å². The van der Waals surface area contributed by atoms with Crippen molar-refractivity contribution < 1.29 is 9.59 Å². The van der Waals surface area contributed by atoms with Crippen molar-refractivity contribution in [3.8, 4) is 0 Å². The van der Waals surface area contributed by atoms with E-state index >= 15 is 0 Å². The van der Waals surface area contributed by atoms with Crippen LogP contribution in [0.2, 0.25) is 0 Å². The highest BCUT2D eigenvalue weighted by Gasteiger charge is 2.15. The van der Waals surface area contributed by atoms with E-state index in [-0.39, 0.29) is 16.8 Å². The molecule has 0 bridgehead atoms. The van der Waals surface area contributed by atoms with Gasteiger partial charge in [0.25, 0.3) is 5.91 Å². The molecule has 2 amide bonds. The van der Waals surface area contributed by atoms with Gasteiger partial charge < -0.3 is 16.4 Å². The number of amides is 2. The van der Waals surface area contributed by atoms with Gasteiger partial charge in [-0.3, -0.25) is 9.59 Å². The SMILES string of the molecule is CCNC(=O)C(C)NC(=O)c1ccc(C(N)=S)cc1. The molecule has 1 aromatic carbocycles. The Morgan fingerprint density at radius 3 is 2.26 bits per heavy atom. The zero-order valence-electron chi connectivity index (χ0n) is 10.9. The summed E-state index contributed by atoms with van der Waals surface area (Å²) < 4.78 is 0. The number of nitrogens with one attached hydrogen (secondary N) is 2. The van der Waals surface area contributed by atoms with Crippen LogP contribution in [0.25, 0.3) is 0 Å². The number of hydrogen-bond acceptors (Lipinski definition) is 3. The number of benzene rings is 1. The Kier molecular flexibility index (Phi) is 5.44. The van der Waals surface area contributed by atoms with Gasteiger partial charge in [0.15, 0.2) is 0 Å². The van der Waals surface area contributed by atoms with E-state index in [1.54, 1.807) is 31.2 Å². The average molecular weight is 279 g/mol. The van der Waals surface area contributed by atoms with Gasteiger partial charge in [-0.1, -0.05) is 24.4 Å². The van der Waals surface area contributed by atoms with Crippen LogP contribution in [0.1, 0.15) is 29.8 Å². The van der Waals surface area contributed by atoms with E-state index in [2.05, 4.69) is 10.6 Å². The van der Waals surface area contributed by atoms with Crippen molar-refractivity contribution in [1.29, 1.82) is 0 Å². The summed E-state index contributed by atoms with van der Waals surface area (Å²) in [6, 6.07) is 6.01. The highest BCUT2D eigenvalue weighted by atomic mass is 32.1. The second-order valence-electron chi connectivity index (χ2n) is 4.03. The topological polar surface area (TPSA) is 84.2 Å². The summed E-state index contributed by atoms with van der Waals surface area (Å²) in [4.78, 5) is 23.7. The third-order valence-corrected chi connectivity index (χ3v) is 2.76. The normalized spacial score (nSPS) is 11.5. The Hall–Kier alpha value is -1.95. The van der Waals surface area contributed by atoms with Gasteiger partial charge in [-0.05, 0) is 26.0 Å². The molecule has 19 heavy (non-hydrogen) atoms. The predicted octanol–water partition coefficient (Wildman–Crippen LogP) is 0.575. The van der Waals surface area contributed by atoms with Crippen LogP contribution in [-0.4, -0.2) is 29.4 Å². The minimum Gasteiger partial charge on any atom is -0.389 e. The van der Waals surface area contributed by atoms with Gasteiger partial charge in [0, 0.05) is 17.7 Å². The van der Waals surface area contributed by atoms with Crippen LogP contribution >= 0.6 is 12.2 Å². The lowest BCUT2D eigenvalue weighted by atomic mass is 10.1. The number of carbonyl (C=O) groups is 2. The maximum absolute atomic E-state index is 11.9. The van der Waals surface area contributed by atoms with Gasteiger partial charge in [0.2, 0.25) is 5.91 Å². The van der Waals surface area contributed by atoms with Crippen molar-refractivity contribution >= 4 is 29.0 Å². The molecule has 0 saturated carbocycles. The highest BCUT2D eigenvalue weighted by Crippen LogP contribution is 2.04. The second kappa shape index (κ2) is 6.84. The maximum Gasteiger partial charge on any atom is 0.251 e. The van der Waals surface area contributed by atoms with Crippen LogP contribution < -0.4 is 16.4 Å². The Morgan fingerprint density at radius 1 is 1.26 bits per heavy atom. The lowest BCUT2D eigenvalue weighted by molar-refractivity contribution is -0.122. The number of carbonyl (C=O) groups excluding carboxylic acids is 2. The number of rotatable bonds is 5. The Morgan fingerprint density at radius 2 is 1.79 bits per heavy atom. The van der Waals surface area contributed by atoms with E-state index in [0.29, 0.717) is 17.7 Å². The van der Waals surface area contributed by atoms with Gasteiger partial charge in [0.05, 0.1) is 0 Å². The first kappa shape index (κ1) is 15.1. The Balaban J connectivity index is 2.68. The first-order chi connectivity index (χ1) is 8.95. The molecule has 6 heteroatoms. The van der Waals surface area contributed by atoms with Crippen LogP contribution in [-0.2, 0) is 4.79 Å². The molecular weight excluding hydrogens is 262 g/mol. The average Bonchev–Trinajstić information content (AvgIpc) is 2.38. The van der Waals surface area contributed by atoms with E-state index in [1.165, 1.54) is 0 Å². The van der Waals surface area contributed by atoms with Crippen molar-refractivity contribution in [3.63, 3.8) is 0 Å². The molecule has 5 nitrogen and oxygen atoms in total. The predicted molar refractivity (Wildman–Crippen MR) is 77.9 cm³/mol. The molecule has 1 rings (SSSR count). The highest BCUT2D eigenvalue weighted by molar-refractivity contribution is 7.80. The van der Waals surface area contributed by atoms with Gasteiger partial charge in [0.1, 0.15) is 11.0 Å². The van der Waals surface area contributed by atoms with Crippen molar-refractivity contribution in [1.82, 2.24) is 10.6 Å². The summed E-state index contributed by atoms with van der Waals surface area (Å²) >= 11 is 4.83. The number of thiocarbonyl (C=S) groups is 1. The van der Waals surface area contributed by atoms with Crippen molar-refractivity contribution in [2.75, 3.05) is 6.54 Å². The van der Waals surface area contributed by atoms with Crippen LogP contribution in [0.15, 0.2) is 24.3 Å². The van der Waals surface area contributed by atoms with Crippen LogP contribution in [0.4, 0.5) is 0 Å². The molecule has 0 saturated heterocycles. The number of likely N-dealkylation sites (N-methyl/N-ethyl adjacent to an activating group) is 1. The molecule has 0 aromatic heterocycles.